The minimum absolute atomic E-state index is 0.288. The van der Waals surface area contributed by atoms with E-state index in [-0.39, 0.29) is 16.8 Å². The van der Waals surface area contributed by atoms with Crippen LogP contribution in [0.2, 0.25) is 0 Å². The van der Waals surface area contributed by atoms with Crippen LogP contribution < -0.4 is 5.32 Å². The molecule has 1 N–H and O–H groups in total. The van der Waals surface area contributed by atoms with E-state index in [1.807, 2.05) is 6.92 Å². The van der Waals surface area contributed by atoms with Crippen LogP contribution in [0.5, 0.6) is 0 Å². The minimum atomic E-state index is -0.357. The minimum Gasteiger partial charge on any atom is -0.463 e. The Kier molecular flexibility index (Phi) is 4.77. The summed E-state index contributed by atoms with van der Waals surface area (Å²) >= 11 is 1.07. The standard InChI is InChI=1S/C20H14N4O3S/c1-12-7-8-13(11-22-12)19(26)24-20-23-16(15-6-4-10-27-15)18(28-20)17(25)14-5-2-3-9-21-14/h2-11H,1H3,(H,23,24,26). The topological polar surface area (TPSA) is 98.0 Å². The Morgan fingerprint density at radius 3 is 2.64 bits per heavy atom. The van der Waals surface area contributed by atoms with Crippen LogP contribution in [0, 0.1) is 6.92 Å². The maximum atomic E-state index is 12.9. The maximum absolute atomic E-state index is 12.9. The average Bonchev–Trinajstić information content (AvgIpc) is 3.38. The van der Waals surface area contributed by atoms with Crippen LogP contribution in [0.25, 0.3) is 11.5 Å². The Labute approximate surface area is 164 Å². The molecule has 0 aromatic carbocycles. The Morgan fingerprint density at radius 2 is 1.96 bits per heavy atom. The van der Waals surface area contributed by atoms with Gasteiger partial charge in [0.1, 0.15) is 16.3 Å². The first-order valence-corrected chi connectivity index (χ1v) is 9.18. The molecule has 4 aromatic rings. The molecule has 0 saturated heterocycles. The smallest absolute Gasteiger partial charge is 0.259 e. The first-order chi connectivity index (χ1) is 13.6. The van der Waals surface area contributed by atoms with Gasteiger partial charge in [-0.05, 0) is 43.3 Å². The summed E-state index contributed by atoms with van der Waals surface area (Å²) in [6.45, 7) is 1.84. The molecule has 4 heterocycles. The van der Waals surface area contributed by atoms with Gasteiger partial charge in [0.2, 0.25) is 5.78 Å². The van der Waals surface area contributed by atoms with Crippen LogP contribution >= 0.6 is 11.3 Å². The fraction of sp³-hybridized carbons (Fsp3) is 0.0500. The third kappa shape index (κ3) is 3.58. The van der Waals surface area contributed by atoms with Crippen molar-refractivity contribution >= 4 is 28.2 Å². The lowest BCUT2D eigenvalue weighted by molar-refractivity contribution is 0.102. The van der Waals surface area contributed by atoms with E-state index in [0.717, 1.165) is 17.0 Å². The van der Waals surface area contributed by atoms with Crippen molar-refractivity contribution in [2.45, 2.75) is 6.92 Å². The maximum Gasteiger partial charge on any atom is 0.259 e. The van der Waals surface area contributed by atoms with E-state index >= 15 is 0 Å². The molecule has 1 amide bonds. The van der Waals surface area contributed by atoms with Crippen LogP contribution in [0.1, 0.15) is 31.4 Å². The molecule has 0 atom stereocenters. The van der Waals surface area contributed by atoms with Gasteiger partial charge in [-0.2, -0.15) is 0 Å². The van der Waals surface area contributed by atoms with E-state index in [4.69, 9.17) is 4.42 Å². The molecule has 0 fully saturated rings. The summed E-state index contributed by atoms with van der Waals surface area (Å²) in [7, 11) is 0. The Balaban J connectivity index is 1.68. The van der Waals surface area contributed by atoms with Gasteiger partial charge in [-0.25, -0.2) is 4.98 Å². The number of nitrogens with one attached hydrogen (secondary N) is 1. The summed E-state index contributed by atoms with van der Waals surface area (Å²) in [5, 5.41) is 3.01. The van der Waals surface area contributed by atoms with E-state index in [9.17, 15) is 9.59 Å². The number of hydrogen-bond donors (Lipinski definition) is 1. The van der Waals surface area contributed by atoms with Gasteiger partial charge in [-0.15, -0.1) is 0 Å². The van der Waals surface area contributed by atoms with Crippen LogP contribution in [0.4, 0.5) is 5.13 Å². The van der Waals surface area contributed by atoms with Gasteiger partial charge in [0.15, 0.2) is 10.9 Å². The normalized spacial score (nSPS) is 10.6. The average molecular weight is 390 g/mol. The first-order valence-electron chi connectivity index (χ1n) is 8.36. The first kappa shape index (κ1) is 17.7. The van der Waals surface area contributed by atoms with E-state index in [1.165, 1.54) is 12.5 Å². The number of carbonyl (C=O) groups is 2. The fourth-order valence-corrected chi connectivity index (χ4v) is 3.41. The van der Waals surface area contributed by atoms with E-state index in [0.29, 0.717) is 27.6 Å². The SMILES string of the molecule is Cc1ccc(C(=O)Nc2nc(-c3ccco3)c(C(=O)c3ccccn3)s2)cn1. The molecule has 28 heavy (non-hydrogen) atoms. The zero-order valence-electron chi connectivity index (χ0n) is 14.7. The zero-order valence-corrected chi connectivity index (χ0v) is 15.6. The lowest BCUT2D eigenvalue weighted by atomic mass is 10.1. The molecule has 0 radical (unpaired) electrons. The van der Waals surface area contributed by atoms with Crippen molar-refractivity contribution in [2.75, 3.05) is 5.32 Å². The number of furan rings is 1. The number of aryl methyl sites for hydroxylation is 1. The summed E-state index contributed by atoms with van der Waals surface area (Å²) in [6.07, 6.45) is 4.54. The molecule has 0 spiro atoms. The second-order valence-electron chi connectivity index (χ2n) is 5.86. The fourth-order valence-electron chi connectivity index (χ4n) is 2.49. The summed E-state index contributed by atoms with van der Waals surface area (Å²) in [5.41, 5.74) is 1.87. The van der Waals surface area contributed by atoms with Crippen molar-refractivity contribution in [3.8, 4) is 11.5 Å². The summed E-state index contributed by atoms with van der Waals surface area (Å²) in [4.78, 5) is 38.3. The molecular formula is C20H14N4O3S. The largest absolute Gasteiger partial charge is 0.463 e. The van der Waals surface area contributed by atoms with Gasteiger partial charge < -0.3 is 4.42 Å². The zero-order chi connectivity index (χ0) is 19.5. The summed E-state index contributed by atoms with van der Waals surface area (Å²) in [5.74, 6) is -0.209. The van der Waals surface area contributed by atoms with Crippen LogP contribution in [0.15, 0.2) is 65.5 Å². The quantitative estimate of drug-likeness (QED) is 0.518. The van der Waals surface area contributed by atoms with E-state index in [2.05, 4.69) is 20.3 Å². The molecule has 4 rings (SSSR count). The second kappa shape index (κ2) is 7.53. The molecule has 138 valence electrons. The van der Waals surface area contributed by atoms with Crippen molar-refractivity contribution in [2.24, 2.45) is 0 Å². The predicted molar refractivity (Wildman–Crippen MR) is 104 cm³/mol. The van der Waals surface area contributed by atoms with Crippen molar-refractivity contribution in [1.82, 2.24) is 15.0 Å². The monoisotopic (exact) mass is 390 g/mol. The molecule has 0 aliphatic carbocycles. The molecule has 0 saturated carbocycles. The number of nitrogens with zero attached hydrogens (tertiary/aromatic N) is 3. The molecule has 0 aliphatic rings. The third-order valence-corrected chi connectivity index (χ3v) is 4.85. The highest BCUT2D eigenvalue weighted by molar-refractivity contribution is 7.18. The number of hydrogen-bond acceptors (Lipinski definition) is 7. The van der Waals surface area contributed by atoms with Crippen LogP contribution in [-0.4, -0.2) is 26.6 Å². The molecular weight excluding hydrogens is 376 g/mol. The molecule has 0 unspecified atom stereocenters. The molecule has 8 heteroatoms. The number of ketones is 1. The summed E-state index contributed by atoms with van der Waals surface area (Å²) < 4.78 is 5.41. The lowest BCUT2D eigenvalue weighted by Gasteiger charge is -2.01. The van der Waals surface area contributed by atoms with Gasteiger partial charge in [0, 0.05) is 18.1 Å². The van der Waals surface area contributed by atoms with Crippen molar-refractivity contribution in [3.63, 3.8) is 0 Å². The number of aromatic nitrogens is 3. The van der Waals surface area contributed by atoms with Crippen LogP contribution in [-0.2, 0) is 0 Å². The Hall–Kier alpha value is -3.65. The molecule has 0 bridgehead atoms. The molecule has 4 aromatic heterocycles. The van der Waals surface area contributed by atoms with E-state index < -0.39 is 0 Å². The highest BCUT2D eigenvalue weighted by Crippen LogP contribution is 2.33. The van der Waals surface area contributed by atoms with Crippen molar-refractivity contribution < 1.29 is 14.0 Å². The Morgan fingerprint density at radius 1 is 1.07 bits per heavy atom. The summed E-state index contributed by atoms with van der Waals surface area (Å²) in [6, 6.07) is 11.9. The number of anilines is 1. The van der Waals surface area contributed by atoms with Gasteiger partial charge in [0.25, 0.3) is 5.91 Å². The predicted octanol–water partition coefficient (Wildman–Crippen LogP) is 3.98. The third-order valence-electron chi connectivity index (χ3n) is 3.88. The number of carbonyl (C=O) groups excluding carboxylic acids is 2. The number of pyridine rings is 2. The number of rotatable bonds is 5. The van der Waals surface area contributed by atoms with Gasteiger partial charge in [0.05, 0.1) is 11.8 Å². The van der Waals surface area contributed by atoms with E-state index in [1.54, 1.807) is 48.7 Å². The second-order valence-corrected chi connectivity index (χ2v) is 6.86. The lowest BCUT2D eigenvalue weighted by Crippen LogP contribution is -2.12. The highest BCUT2D eigenvalue weighted by atomic mass is 32.1. The van der Waals surface area contributed by atoms with Crippen molar-refractivity contribution in [3.05, 3.63) is 82.9 Å². The van der Waals surface area contributed by atoms with Crippen molar-refractivity contribution in [1.29, 1.82) is 0 Å². The van der Waals surface area contributed by atoms with Gasteiger partial charge >= 0.3 is 0 Å². The highest BCUT2D eigenvalue weighted by Gasteiger charge is 2.24. The van der Waals surface area contributed by atoms with Gasteiger partial charge in [-0.1, -0.05) is 17.4 Å². The number of amides is 1. The number of thiazole rings is 1. The Bertz CT molecular complexity index is 1120. The molecule has 0 aliphatic heterocycles. The van der Waals surface area contributed by atoms with Crippen LogP contribution in [0.3, 0.4) is 0 Å². The van der Waals surface area contributed by atoms with Gasteiger partial charge in [-0.3, -0.25) is 24.9 Å². The molecule has 7 nitrogen and oxygen atoms in total.